The van der Waals surface area contributed by atoms with Gasteiger partial charge in [0.1, 0.15) is 0 Å². The number of hydrogen-bond acceptors (Lipinski definition) is 3. The summed E-state index contributed by atoms with van der Waals surface area (Å²) in [6, 6.07) is 8.69. The van der Waals surface area contributed by atoms with Crippen LogP contribution in [0.4, 0.5) is 0 Å². The molecule has 1 aliphatic rings. The predicted octanol–water partition coefficient (Wildman–Crippen LogP) is 3.11. The zero-order chi connectivity index (χ0) is 12.7. The van der Waals surface area contributed by atoms with Crippen LogP contribution in [0.5, 0.6) is 0 Å². The van der Waals surface area contributed by atoms with Crippen LogP contribution in [0.1, 0.15) is 39.2 Å². The number of rotatable bonds is 2. The molecule has 1 aromatic heterocycles. The average molecular weight is 257 g/mol. The van der Waals surface area contributed by atoms with Crippen molar-refractivity contribution in [2.45, 2.75) is 13.0 Å². The molecule has 2 aromatic rings. The first-order chi connectivity index (χ1) is 8.70. The van der Waals surface area contributed by atoms with Crippen LogP contribution in [-0.2, 0) is 0 Å². The van der Waals surface area contributed by atoms with E-state index in [0.717, 1.165) is 5.56 Å². The lowest BCUT2D eigenvalue weighted by Crippen LogP contribution is -2.32. The quantitative estimate of drug-likeness (QED) is 0.775. The fourth-order valence-electron chi connectivity index (χ4n) is 2.22. The van der Waals surface area contributed by atoms with Crippen LogP contribution >= 0.6 is 11.3 Å². The third kappa shape index (κ3) is 1.49. The third-order valence-corrected chi connectivity index (χ3v) is 3.94. The molecule has 0 saturated carbocycles. The van der Waals surface area contributed by atoms with Gasteiger partial charge in [0.2, 0.25) is 0 Å². The van der Waals surface area contributed by atoms with Crippen molar-refractivity contribution in [3.05, 3.63) is 57.8 Å². The number of imide groups is 1. The first-order valence-electron chi connectivity index (χ1n) is 5.69. The molecule has 0 radical (unpaired) electrons. The fraction of sp³-hybridized carbons (Fsp3) is 0.143. The summed E-state index contributed by atoms with van der Waals surface area (Å²) in [5.41, 5.74) is 2.00. The van der Waals surface area contributed by atoms with Gasteiger partial charge in [-0.1, -0.05) is 12.1 Å². The molecule has 0 bridgehead atoms. The van der Waals surface area contributed by atoms with Crippen LogP contribution in [0, 0.1) is 0 Å². The lowest BCUT2D eigenvalue weighted by Gasteiger charge is -2.21. The van der Waals surface area contributed by atoms with Crippen LogP contribution in [0.2, 0.25) is 0 Å². The van der Waals surface area contributed by atoms with E-state index in [1.807, 2.05) is 23.8 Å². The lowest BCUT2D eigenvalue weighted by atomic mass is 10.1. The maximum Gasteiger partial charge on any atom is 0.262 e. The average Bonchev–Trinajstić information content (AvgIpc) is 2.99. The molecule has 0 N–H and O–H groups in total. The zero-order valence-corrected chi connectivity index (χ0v) is 10.6. The molecule has 3 rings (SSSR count). The van der Waals surface area contributed by atoms with E-state index in [1.54, 1.807) is 35.6 Å². The summed E-state index contributed by atoms with van der Waals surface area (Å²) in [5.74, 6) is -0.399. The summed E-state index contributed by atoms with van der Waals surface area (Å²) in [6.45, 7) is 1.88. The molecule has 2 heterocycles. The highest BCUT2D eigenvalue weighted by atomic mass is 32.1. The van der Waals surface area contributed by atoms with Crippen molar-refractivity contribution in [3.8, 4) is 0 Å². The van der Waals surface area contributed by atoms with E-state index < -0.39 is 0 Å². The second-order valence-corrected chi connectivity index (χ2v) is 5.04. The van der Waals surface area contributed by atoms with Gasteiger partial charge in [-0.25, -0.2) is 0 Å². The van der Waals surface area contributed by atoms with Crippen molar-refractivity contribution in [2.24, 2.45) is 0 Å². The zero-order valence-electron chi connectivity index (χ0n) is 9.79. The molecular formula is C14H11NO2S. The molecule has 0 spiro atoms. The number of nitrogens with zero attached hydrogens (tertiary/aromatic N) is 1. The first-order valence-corrected chi connectivity index (χ1v) is 6.63. The predicted molar refractivity (Wildman–Crippen MR) is 69.7 cm³/mol. The highest BCUT2D eigenvalue weighted by Crippen LogP contribution is 2.31. The Labute approximate surface area is 109 Å². The minimum atomic E-state index is -0.219. The van der Waals surface area contributed by atoms with E-state index in [9.17, 15) is 9.59 Å². The standard InChI is InChI=1S/C14H11NO2S/c1-9(10-6-7-18-8-10)15-13(16)11-4-2-3-5-12(11)14(15)17/h2-9H,1H3. The van der Waals surface area contributed by atoms with Gasteiger partial charge in [0, 0.05) is 0 Å². The molecular weight excluding hydrogens is 246 g/mol. The van der Waals surface area contributed by atoms with Crippen molar-refractivity contribution < 1.29 is 9.59 Å². The number of benzene rings is 1. The molecule has 0 aliphatic carbocycles. The van der Waals surface area contributed by atoms with E-state index in [-0.39, 0.29) is 17.9 Å². The molecule has 1 aliphatic heterocycles. The third-order valence-electron chi connectivity index (χ3n) is 3.24. The molecule has 90 valence electrons. The Morgan fingerprint density at radius 3 is 2.17 bits per heavy atom. The summed E-state index contributed by atoms with van der Waals surface area (Å²) < 4.78 is 0. The highest BCUT2D eigenvalue weighted by Gasteiger charge is 2.38. The monoisotopic (exact) mass is 257 g/mol. The van der Waals surface area contributed by atoms with Crippen molar-refractivity contribution in [2.75, 3.05) is 0 Å². The van der Waals surface area contributed by atoms with Gasteiger partial charge in [-0.2, -0.15) is 11.3 Å². The molecule has 1 aromatic carbocycles. The summed E-state index contributed by atoms with van der Waals surface area (Å²) in [5, 5.41) is 3.91. The number of carbonyl (C=O) groups is 2. The first kappa shape index (κ1) is 11.2. The molecule has 4 heteroatoms. The second kappa shape index (κ2) is 4.07. The van der Waals surface area contributed by atoms with Crippen LogP contribution < -0.4 is 0 Å². The Balaban J connectivity index is 2.02. The molecule has 0 fully saturated rings. The van der Waals surface area contributed by atoms with Gasteiger partial charge in [-0.3, -0.25) is 14.5 Å². The Morgan fingerprint density at radius 2 is 1.67 bits per heavy atom. The summed E-state index contributed by atoms with van der Waals surface area (Å²) >= 11 is 1.56. The van der Waals surface area contributed by atoms with Crippen molar-refractivity contribution in [1.82, 2.24) is 4.90 Å². The van der Waals surface area contributed by atoms with Gasteiger partial charge >= 0.3 is 0 Å². The van der Waals surface area contributed by atoms with E-state index in [0.29, 0.717) is 11.1 Å². The van der Waals surface area contributed by atoms with Gasteiger partial charge in [0.05, 0.1) is 17.2 Å². The molecule has 2 amide bonds. The van der Waals surface area contributed by atoms with Gasteiger partial charge in [-0.05, 0) is 41.4 Å². The maximum absolute atomic E-state index is 12.3. The Morgan fingerprint density at radius 1 is 1.06 bits per heavy atom. The van der Waals surface area contributed by atoms with Crippen molar-refractivity contribution in [3.63, 3.8) is 0 Å². The SMILES string of the molecule is CC(c1ccsc1)N1C(=O)c2ccccc2C1=O. The van der Waals surface area contributed by atoms with Crippen LogP contribution in [0.25, 0.3) is 0 Å². The van der Waals surface area contributed by atoms with Crippen molar-refractivity contribution in [1.29, 1.82) is 0 Å². The van der Waals surface area contributed by atoms with E-state index in [1.165, 1.54) is 4.90 Å². The topological polar surface area (TPSA) is 37.4 Å². The van der Waals surface area contributed by atoms with E-state index in [4.69, 9.17) is 0 Å². The van der Waals surface area contributed by atoms with E-state index >= 15 is 0 Å². The fourth-order valence-corrected chi connectivity index (χ4v) is 2.97. The van der Waals surface area contributed by atoms with Crippen LogP contribution in [-0.4, -0.2) is 16.7 Å². The minimum Gasteiger partial charge on any atom is -0.269 e. The number of hydrogen-bond donors (Lipinski definition) is 0. The number of thiophene rings is 1. The van der Waals surface area contributed by atoms with Crippen LogP contribution in [0.3, 0.4) is 0 Å². The smallest absolute Gasteiger partial charge is 0.262 e. The lowest BCUT2D eigenvalue weighted by molar-refractivity contribution is 0.0595. The minimum absolute atomic E-state index is 0.200. The van der Waals surface area contributed by atoms with Gasteiger partial charge in [0.15, 0.2) is 0 Å². The van der Waals surface area contributed by atoms with Crippen LogP contribution in [0.15, 0.2) is 41.1 Å². The number of carbonyl (C=O) groups excluding carboxylic acids is 2. The summed E-state index contributed by atoms with van der Waals surface area (Å²) in [7, 11) is 0. The Hall–Kier alpha value is -1.94. The van der Waals surface area contributed by atoms with Gasteiger partial charge < -0.3 is 0 Å². The van der Waals surface area contributed by atoms with Crippen molar-refractivity contribution >= 4 is 23.2 Å². The molecule has 18 heavy (non-hydrogen) atoms. The number of amides is 2. The van der Waals surface area contributed by atoms with E-state index in [2.05, 4.69) is 0 Å². The van der Waals surface area contributed by atoms with Gasteiger partial charge in [-0.15, -0.1) is 0 Å². The summed E-state index contributed by atoms with van der Waals surface area (Å²) in [6.07, 6.45) is 0. The normalized spacial score (nSPS) is 15.9. The molecule has 1 atom stereocenters. The molecule has 3 nitrogen and oxygen atoms in total. The highest BCUT2D eigenvalue weighted by molar-refractivity contribution is 7.08. The molecule has 1 unspecified atom stereocenters. The second-order valence-electron chi connectivity index (χ2n) is 4.26. The maximum atomic E-state index is 12.3. The summed E-state index contributed by atoms with van der Waals surface area (Å²) in [4.78, 5) is 25.8. The Kier molecular flexibility index (Phi) is 2.52. The number of fused-ring (bicyclic) bond motifs is 1. The Bertz CT molecular complexity index is 583. The molecule has 0 saturated heterocycles. The van der Waals surface area contributed by atoms with Gasteiger partial charge in [0.25, 0.3) is 11.8 Å². The largest absolute Gasteiger partial charge is 0.269 e.